The highest BCUT2D eigenvalue weighted by atomic mass is 35.5. The molecule has 2 atom stereocenters. The van der Waals surface area contributed by atoms with Crippen molar-refractivity contribution in [3.05, 3.63) is 104 Å². The quantitative estimate of drug-likeness (QED) is 0.235. The molecule has 7 heteroatoms. The highest BCUT2D eigenvalue weighted by molar-refractivity contribution is 6.30. The van der Waals surface area contributed by atoms with E-state index in [2.05, 4.69) is 4.98 Å². The Bertz CT molecular complexity index is 1610. The summed E-state index contributed by atoms with van der Waals surface area (Å²) in [5, 5.41) is 12.0. The summed E-state index contributed by atoms with van der Waals surface area (Å²) in [6.45, 7) is 15.9. The first-order valence-electron chi connectivity index (χ1n) is 13.8. The summed E-state index contributed by atoms with van der Waals surface area (Å²) in [6.07, 6.45) is 0. The predicted octanol–water partition coefficient (Wildman–Crippen LogP) is 7.93. The molecule has 1 heterocycles. The summed E-state index contributed by atoms with van der Waals surface area (Å²) in [5.41, 5.74) is 3.10. The molecule has 0 fully saturated rings. The van der Waals surface area contributed by atoms with E-state index >= 15 is 0 Å². The Labute approximate surface area is 246 Å². The average molecular weight is 576 g/mol. The lowest BCUT2D eigenvalue weighted by molar-refractivity contribution is -0.145. The first-order valence-corrected chi connectivity index (χ1v) is 14.2. The monoisotopic (exact) mass is 575 g/mol. The van der Waals surface area contributed by atoms with Gasteiger partial charge in [0.25, 0.3) is 0 Å². The number of phenols is 1. The van der Waals surface area contributed by atoms with Gasteiger partial charge >= 0.3 is 11.6 Å². The molecule has 0 aliphatic heterocycles. The number of halogens is 1. The van der Waals surface area contributed by atoms with Crippen molar-refractivity contribution in [2.75, 3.05) is 6.61 Å². The molecule has 1 aromatic heterocycles. The molecule has 216 valence electrons. The van der Waals surface area contributed by atoms with E-state index in [0.717, 1.165) is 27.8 Å². The lowest BCUT2D eigenvalue weighted by Crippen LogP contribution is -2.30. The fraction of sp³-hybridized carbons (Fsp3) is 0.382. The molecule has 1 N–H and O–H groups in total. The Morgan fingerprint density at radius 1 is 0.951 bits per heavy atom. The van der Waals surface area contributed by atoms with Gasteiger partial charge in [-0.25, -0.2) is 9.78 Å². The lowest BCUT2D eigenvalue weighted by Gasteiger charge is -2.32. The summed E-state index contributed by atoms with van der Waals surface area (Å²) in [7, 11) is 0. The Hall–Kier alpha value is -3.64. The van der Waals surface area contributed by atoms with Gasteiger partial charge in [-0.05, 0) is 76.8 Å². The molecular weight excluding hydrogens is 538 g/mol. The van der Waals surface area contributed by atoms with Crippen LogP contribution in [0.25, 0.3) is 11.1 Å². The van der Waals surface area contributed by atoms with E-state index in [4.69, 9.17) is 20.8 Å². The standard InChI is InChI=1S/C34H38ClNO5/c1-9-40-31(38)28(29-32(39)41-26-16-19(2)10-15-25(26)36-29)27(20-11-13-22(35)14-12-20)21-17-23(33(3,4)5)30(37)24(18-21)34(6,7)8/h10-18,27-28,37H,9H2,1-8H3. The van der Waals surface area contributed by atoms with Crippen LogP contribution in [0.1, 0.15) is 93.8 Å². The third kappa shape index (κ3) is 6.33. The van der Waals surface area contributed by atoms with Crippen LogP contribution in [-0.4, -0.2) is 22.7 Å². The molecule has 4 aromatic rings. The number of esters is 1. The minimum absolute atomic E-state index is 0.0394. The Morgan fingerprint density at radius 3 is 2.07 bits per heavy atom. The third-order valence-electron chi connectivity index (χ3n) is 7.27. The zero-order valence-electron chi connectivity index (χ0n) is 25.0. The highest BCUT2D eigenvalue weighted by Gasteiger charge is 2.39. The molecule has 3 aromatic carbocycles. The minimum Gasteiger partial charge on any atom is -0.507 e. The second kappa shape index (κ2) is 11.3. The number of ether oxygens (including phenoxy) is 1. The molecule has 0 aliphatic rings. The predicted molar refractivity (Wildman–Crippen MR) is 163 cm³/mol. The van der Waals surface area contributed by atoms with Crippen molar-refractivity contribution in [3.63, 3.8) is 0 Å². The maximum absolute atomic E-state index is 13.9. The number of carbonyl (C=O) groups is 1. The largest absolute Gasteiger partial charge is 0.507 e. The van der Waals surface area contributed by atoms with Crippen LogP contribution in [0.4, 0.5) is 0 Å². The van der Waals surface area contributed by atoms with Gasteiger partial charge in [-0.2, -0.15) is 0 Å². The van der Waals surface area contributed by atoms with Gasteiger partial charge in [-0.15, -0.1) is 0 Å². The molecule has 0 saturated carbocycles. The number of hydrogen-bond acceptors (Lipinski definition) is 6. The summed E-state index contributed by atoms with van der Waals surface area (Å²) >= 11 is 6.26. The number of carbonyl (C=O) groups excluding carboxylic acids is 1. The first-order chi connectivity index (χ1) is 19.1. The van der Waals surface area contributed by atoms with Gasteiger partial charge in [-0.1, -0.05) is 83.5 Å². The van der Waals surface area contributed by atoms with Crippen LogP contribution in [0.15, 0.2) is 63.8 Å². The van der Waals surface area contributed by atoms with Crippen molar-refractivity contribution in [2.45, 2.75) is 78.1 Å². The van der Waals surface area contributed by atoms with Crippen molar-refractivity contribution < 1.29 is 19.1 Å². The Morgan fingerprint density at radius 2 is 1.54 bits per heavy atom. The lowest BCUT2D eigenvalue weighted by atomic mass is 9.73. The molecular formula is C34H38ClNO5. The topological polar surface area (TPSA) is 89.6 Å². The van der Waals surface area contributed by atoms with Crippen LogP contribution in [-0.2, 0) is 20.4 Å². The van der Waals surface area contributed by atoms with Gasteiger partial charge in [-0.3, -0.25) is 4.79 Å². The van der Waals surface area contributed by atoms with E-state index in [-0.39, 0.29) is 18.1 Å². The van der Waals surface area contributed by atoms with Crippen molar-refractivity contribution in [3.8, 4) is 5.75 Å². The van der Waals surface area contributed by atoms with E-state index in [0.29, 0.717) is 16.1 Å². The zero-order chi connectivity index (χ0) is 30.3. The number of aromatic hydroxyl groups is 1. The molecule has 0 saturated heterocycles. The molecule has 0 spiro atoms. The van der Waals surface area contributed by atoms with Gasteiger partial charge in [0.05, 0.1) is 6.61 Å². The summed E-state index contributed by atoms with van der Waals surface area (Å²) in [6, 6.07) is 16.4. The van der Waals surface area contributed by atoms with Crippen LogP contribution >= 0.6 is 11.6 Å². The van der Waals surface area contributed by atoms with Crippen molar-refractivity contribution in [1.82, 2.24) is 4.98 Å². The SMILES string of the molecule is CCOC(=O)C(c1nc2ccc(C)cc2oc1=O)C(c1ccc(Cl)cc1)c1cc(C(C)(C)C)c(O)c(C(C)(C)C)c1. The van der Waals surface area contributed by atoms with Gasteiger partial charge in [0.1, 0.15) is 22.9 Å². The number of nitrogens with zero attached hydrogens (tertiary/aromatic N) is 1. The summed E-state index contributed by atoms with van der Waals surface area (Å²) in [5.74, 6) is -2.22. The van der Waals surface area contributed by atoms with Crippen LogP contribution in [0.3, 0.4) is 0 Å². The zero-order valence-corrected chi connectivity index (χ0v) is 25.7. The number of fused-ring (bicyclic) bond motifs is 1. The van der Waals surface area contributed by atoms with Crippen molar-refractivity contribution in [2.24, 2.45) is 0 Å². The highest BCUT2D eigenvalue weighted by Crippen LogP contribution is 2.45. The van der Waals surface area contributed by atoms with Gasteiger partial charge in [0.2, 0.25) is 0 Å². The second-order valence-corrected chi connectivity index (χ2v) is 13.0. The Kier molecular flexibility index (Phi) is 8.38. The molecule has 2 unspecified atom stereocenters. The van der Waals surface area contributed by atoms with Gasteiger partial charge < -0.3 is 14.3 Å². The van der Waals surface area contributed by atoms with E-state index < -0.39 is 34.3 Å². The first kappa shape index (κ1) is 30.3. The molecule has 0 aliphatic carbocycles. The number of phenolic OH excluding ortho intramolecular Hbond substituents is 1. The van der Waals surface area contributed by atoms with Crippen molar-refractivity contribution >= 4 is 28.7 Å². The average Bonchev–Trinajstić information content (AvgIpc) is 2.87. The number of rotatable bonds is 6. The second-order valence-electron chi connectivity index (χ2n) is 12.6. The number of aryl methyl sites for hydroxylation is 1. The molecule has 0 amide bonds. The van der Waals surface area contributed by atoms with Crippen LogP contribution in [0.5, 0.6) is 5.75 Å². The van der Waals surface area contributed by atoms with Crippen molar-refractivity contribution in [1.29, 1.82) is 0 Å². The smallest absolute Gasteiger partial charge is 0.359 e. The third-order valence-corrected chi connectivity index (χ3v) is 7.52. The molecule has 41 heavy (non-hydrogen) atoms. The van der Waals surface area contributed by atoms with Crippen LogP contribution < -0.4 is 5.63 Å². The number of hydrogen-bond donors (Lipinski definition) is 1. The summed E-state index contributed by atoms with van der Waals surface area (Å²) < 4.78 is 11.3. The summed E-state index contributed by atoms with van der Waals surface area (Å²) in [4.78, 5) is 32.1. The number of benzene rings is 3. The minimum atomic E-state index is -1.14. The fourth-order valence-electron chi connectivity index (χ4n) is 5.18. The normalized spacial score (nSPS) is 13.7. The van der Waals surface area contributed by atoms with E-state index in [9.17, 15) is 14.7 Å². The van der Waals surface area contributed by atoms with E-state index in [1.165, 1.54) is 0 Å². The van der Waals surface area contributed by atoms with E-state index in [1.54, 1.807) is 31.2 Å². The Balaban J connectivity index is 2.11. The molecule has 6 nitrogen and oxygen atoms in total. The van der Waals surface area contributed by atoms with Gasteiger partial charge in [0, 0.05) is 10.9 Å². The number of aromatic nitrogens is 1. The van der Waals surface area contributed by atoms with E-state index in [1.807, 2.05) is 78.8 Å². The molecule has 4 rings (SSSR count). The van der Waals surface area contributed by atoms with Crippen LogP contribution in [0.2, 0.25) is 5.02 Å². The fourth-order valence-corrected chi connectivity index (χ4v) is 5.31. The molecule has 0 bridgehead atoms. The van der Waals surface area contributed by atoms with Crippen LogP contribution in [0, 0.1) is 6.92 Å². The van der Waals surface area contributed by atoms with Gasteiger partial charge in [0.15, 0.2) is 5.58 Å². The molecule has 0 radical (unpaired) electrons. The maximum Gasteiger partial charge on any atom is 0.359 e. The maximum atomic E-state index is 13.9.